The summed E-state index contributed by atoms with van der Waals surface area (Å²) in [5, 5.41) is 11.3. The lowest BCUT2D eigenvalue weighted by molar-refractivity contribution is -0.137. The van der Waals surface area contributed by atoms with Gasteiger partial charge in [0.05, 0.1) is 23.3 Å². The highest BCUT2D eigenvalue weighted by molar-refractivity contribution is 8.18. The lowest BCUT2D eigenvalue weighted by atomic mass is 10.2. The Morgan fingerprint density at radius 2 is 2.03 bits per heavy atom. The number of rotatable bonds is 5. The van der Waals surface area contributed by atoms with Crippen molar-refractivity contribution in [2.24, 2.45) is 4.99 Å². The van der Waals surface area contributed by atoms with Crippen molar-refractivity contribution in [1.29, 1.82) is 5.26 Å². The minimum atomic E-state index is -4.48. The number of nitrogens with one attached hydrogen (secondary N) is 1. The molecule has 0 aromatic heterocycles. The van der Waals surface area contributed by atoms with Crippen LogP contribution >= 0.6 is 11.8 Å². The number of ether oxygens (including phenoxy) is 2. The smallest absolute Gasteiger partial charge is 0.416 e. The average molecular weight is 433 g/mol. The SMILES string of the molecule is COc1cc(/C=C2/SC(=Nc3cccc(C(F)(F)F)c3)NC2=O)ccc1OCC#N. The molecule has 0 radical (unpaired) electrons. The molecule has 1 aliphatic rings. The van der Waals surface area contributed by atoms with E-state index in [4.69, 9.17) is 14.7 Å². The normalized spacial score (nSPS) is 16.4. The van der Waals surface area contributed by atoms with Crippen molar-refractivity contribution in [3.63, 3.8) is 0 Å². The predicted octanol–water partition coefficient (Wildman–Crippen LogP) is 4.51. The summed E-state index contributed by atoms with van der Waals surface area (Å²) in [6.07, 6.45) is -2.89. The number of halogens is 3. The van der Waals surface area contributed by atoms with E-state index < -0.39 is 17.6 Å². The van der Waals surface area contributed by atoms with Gasteiger partial charge in [-0.2, -0.15) is 18.4 Å². The summed E-state index contributed by atoms with van der Waals surface area (Å²) >= 11 is 1.01. The van der Waals surface area contributed by atoms with Gasteiger partial charge in [0.1, 0.15) is 6.07 Å². The molecule has 1 amide bonds. The van der Waals surface area contributed by atoms with Gasteiger partial charge in [0.15, 0.2) is 23.3 Å². The van der Waals surface area contributed by atoms with Crippen LogP contribution in [0.5, 0.6) is 11.5 Å². The summed E-state index contributed by atoms with van der Waals surface area (Å²) in [7, 11) is 1.45. The van der Waals surface area contributed by atoms with Gasteiger partial charge < -0.3 is 14.8 Å². The monoisotopic (exact) mass is 433 g/mol. The van der Waals surface area contributed by atoms with Crippen molar-refractivity contribution in [3.8, 4) is 17.6 Å². The number of amides is 1. The molecule has 1 fully saturated rings. The second-order valence-electron chi connectivity index (χ2n) is 5.89. The Balaban J connectivity index is 1.81. The number of alkyl halides is 3. The Morgan fingerprint density at radius 3 is 2.73 bits per heavy atom. The van der Waals surface area contributed by atoms with Gasteiger partial charge in [0.25, 0.3) is 5.91 Å². The number of nitrogens with zero attached hydrogens (tertiary/aromatic N) is 2. The molecule has 1 saturated heterocycles. The van der Waals surface area contributed by atoms with Crippen LogP contribution < -0.4 is 14.8 Å². The van der Waals surface area contributed by atoms with Gasteiger partial charge in [-0.15, -0.1) is 0 Å². The van der Waals surface area contributed by atoms with Crippen LogP contribution in [-0.4, -0.2) is 24.8 Å². The first-order valence-corrected chi connectivity index (χ1v) is 9.26. The minimum Gasteiger partial charge on any atom is -0.493 e. The van der Waals surface area contributed by atoms with E-state index in [1.54, 1.807) is 24.3 Å². The van der Waals surface area contributed by atoms with Gasteiger partial charge in [-0.1, -0.05) is 12.1 Å². The summed E-state index contributed by atoms with van der Waals surface area (Å²) in [4.78, 5) is 16.6. The number of benzene rings is 2. The molecular formula is C20H14F3N3O3S. The van der Waals surface area contributed by atoms with Crippen molar-refractivity contribution in [3.05, 3.63) is 58.5 Å². The number of nitriles is 1. The largest absolute Gasteiger partial charge is 0.493 e. The zero-order chi connectivity index (χ0) is 21.7. The Kier molecular flexibility index (Phi) is 6.32. The van der Waals surface area contributed by atoms with Gasteiger partial charge in [-0.25, -0.2) is 4.99 Å². The maximum Gasteiger partial charge on any atom is 0.416 e. The molecule has 0 bridgehead atoms. The first-order valence-electron chi connectivity index (χ1n) is 8.45. The highest BCUT2D eigenvalue weighted by Gasteiger charge is 2.30. The third kappa shape index (κ3) is 5.12. The Labute approximate surface area is 174 Å². The van der Waals surface area contributed by atoms with Crippen LogP contribution in [0.25, 0.3) is 6.08 Å². The molecule has 0 unspecified atom stereocenters. The third-order valence-electron chi connectivity index (χ3n) is 3.83. The van der Waals surface area contributed by atoms with Crippen molar-refractivity contribution in [2.75, 3.05) is 13.7 Å². The highest BCUT2D eigenvalue weighted by Crippen LogP contribution is 2.34. The number of methoxy groups -OCH3 is 1. The molecule has 0 atom stereocenters. The molecule has 6 nitrogen and oxygen atoms in total. The average Bonchev–Trinajstić information content (AvgIpc) is 3.05. The van der Waals surface area contributed by atoms with Gasteiger partial charge in [0, 0.05) is 0 Å². The lowest BCUT2D eigenvalue weighted by Crippen LogP contribution is -2.19. The van der Waals surface area contributed by atoms with Crippen LogP contribution in [0.2, 0.25) is 0 Å². The van der Waals surface area contributed by atoms with Crippen molar-refractivity contribution in [1.82, 2.24) is 5.32 Å². The lowest BCUT2D eigenvalue weighted by Gasteiger charge is -2.09. The second kappa shape index (κ2) is 8.92. The van der Waals surface area contributed by atoms with Crippen LogP contribution in [-0.2, 0) is 11.0 Å². The van der Waals surface area contributed by atoms with E-state index in [-0.39, 0.29) is 17.5 Å². The number of amidine groups is 1. The maximum absolute atomic E-state index is 12.8. The fourth-order valence-corrected chi connectivity index (χ4v) is 3.35. The van der Waals surface area contributed by atoms with Crippen molar-refractivity contribution >= 4 is 34.6 Å². The zero-order valence-electron chi connectivity index (χ0n) is 15.5. The first kappa shape index (κ1) is 21.3. The summed E-state index contributed by atoms with van der Waals surface area (Å²) in [6, 6.07) is 11.3. The number of hydrogen-bond acceptors (Lipinski definition) is 6. The molecule has 3 rings (SSSR count). The summed E-state index contributed by atoms with van der Waals surface area (Å²) in [5.74, 6) is 0.354. The molecule has 2 aromatic rings. The molecule has 10 heteroatoms. The molecule has 30 heavy (non-hydrogen) atoms. The molecule has 154 valence electrons. The Morgan fingerprint density at radius 1 is 1.23 bits per heavy atom. The van der Waals surface area contributed by atoms with Crippen molar-refractivity contribution in [2.45, 2.75) is 6.18 Å². The van der Waals surface area contributed by atoms with Crippen LogP contribution in [0.1, 0.15) is 11.1 Å². The summed E-state index contributed by atoms with van der Waals surface area (Å²) in [5.41, 5.74) is -0.107. The molecule has 1 aliphatic heterocycles. The molecule has 0 spiro atoms. The van der Waals surface area contributed by atoms with Gasteiger partial charge in [-0.05, 0) is 53.7 Å². The number of carbonyl (C=O) groups is 1. The highest BCUT2D eigenvalue weighted by atomic mass is 32.2. The molecular weight excluding hydrogens is 419 g/mol. The Bertz CT molecular complexity index is 1070. The molecule has 0 aliphatic carbocycles. The number of aliphatic imine (C=N–C) groups is 1. The van der Waals surface area contributed by atoms with E-state index in [0.717, 1.165) is 23.9 Å². The van der Waals surface area contributed by atoms with E-state index in [2.05, 4.69) is 10.3 Å². The quantitative estimate of drug-likeness (QED) is 0.702. The molecule has 1 N–H and O–H groups in total. The van der Waals surface area contributed by atoms with E-state index in [9.17, 15) is 18.0 Å². The van der Waals surface area contributed by atoms with Gasteiger partial charge >= 0.3 is 6.18 Å². The van der Waals surface area contributed by atoms with E-state index in [1.165, 1.54) is 19.2 Å². The topological polar surface area (TPSA) is 83.7 Å². The van der Waals surface area contributed by atoms with Gasteiger partial charge in [0.2, 0.25) is 0 Å². The Hall–Kier alpha value is -3.45. The maximum atomic E-state index is 12.8. The molecule has 1 heterocycles. The van der Waals surface area contributed by atoms with Gasteiger partial charge in [-0.3, -0.25) is 4.79 Å². The molecule has 0 saturated carbocycles. The minimum absolute atomic E-state index is 0.0783. The number of hydrogen-bond donors (Lipinski definition) is 1. The number of carbonyl (C=O) groups excluding carboxylic acids is 1. The van der Waals surface area contributed by atoms with Crippen LogP contribution in [0.15, 0.2) is 52.4 Å². The van der Waals surface area contributed by atoms with Crippen LogP contribution in [0.4, 0.5) is 18.9 Å². The van der Waals surface area contributed by atoms with E-state index in [1.807, 2.05) is 6.07 Å². The fourth-order valence-electron chi connectivity index (χ4n) is 2.50. The predicted molar refractivity (Wildman–Crippen MR) is 106 cm³/mol. The van der Waals surface area contributed by atoms with Crippen molar-refractivity contribution < 1.29 is 27.4 Å². The zero-order valence-corrected chi connectivity index (χ0v) is 16.3. The van der Waals surface area contributed by atoms with E-state index >= 15 is 0 Å². The fraction of sp³-hybridized carbons (Fsp3) is 0.150. The first-order chi connectivity index (χ1) is 14.3. The third-order valence-corrected chi connectivity index (χ3v) is 4.74. The molecule has 2 aromatic carbocycles. The standard InChI is InChI=1S/C20H14F3N3O3S/c1-28-16-9-12(5-6-15(16)29-8-7-24)10-17-18(27)26-19(30-17)25-14-4-2-3-13(11-14)20(21,22)23/h2-6,9-11H,8H2,1H3,(H,25,26,27)/b17-10+. The van der Waals surface area contributed by atoms with Crippen LogP contribution in [0.3, 0.4) is 0 Å². The van der Waals surface area contributed by atoms with Crippen LogP contribution in [0, 0.1) is 11.3 Å². The summed E-state index contributed by atoms with van der Waals surface area (Å²) in [6.45, 7) is -0.135. The second-order valence-corrected chi connectivity index (χ2v) is 6.92. The summed E-state index contributed by atoms with van der Waals surface area (Å²) < 4.78 is 49.0. The van der Waals surface area contributed by atoms with E-state index in [0.29, 0.717) is 22.0 Å². The number of thioether (sulfide) groups is 1.